The second-order valence-corrected chi connectivity index (χ2v) is 5.97. The summed E-state index contributed by atoms with van der Waals surface area (Å²) in [5, 5.41) is 2.92. The summed E-state index contributed by atoms with van der Waals surface area (Å²) < 4.78 is 5.20. The summed E-state index contributed by atoms with van der Waals surface area (Å²) in [4.78, 5) is 23.9. The first-order valence-electron chi connectivity index (χ1n) is 8.68. The Kier molecular flexibility index (Phi) is 7.20. The lowest BCUT2D eigenvalue weighted by molar-refractivity contribution is -0.144. The Morgan fingerprint density at radius 1 is 1.00 bits per heavy atom. The number of anilines is 1. The van der Waals surface area contributed by atoms with Crippen LogP contribution in [0.2, 0.25) is 0 Å². The molecular formula is C21H25NO3. The van der Waals surface area contributed by atoms with E-state index in [-0.39, 0.29) is 24.7 Å². The van der Waals surface area contributed by atoms with Crippen molar-refractivity contribution >= 4 is 17.6 Å². The first-order chi connectivity index (χ1) is 12.1. The van der Waals surface area contributed by atoms with E-state index in [1.807, 2.05) is 55.5 Å². The van der Waals surface area contributed by atoms with Crippen molar-refractivity contribution in [3.05, 3.63) is 65.2 Å². The van der Waals surface area contributed by atoms with Gasteiger partial charge in [0.15, 0.2) is 0 Å². The highest BCUT2D eigenvalue weighted by molar-refractivity contribution is 5.94. The SMILES string of the molecule is CCc1cccc(C)c1NC(=O)CCC(=O)OCCc1ccccc1. The Bertz CT molecular complexity index is 710. The van der Waals surface area contributed by atoms with Crippen LogP contribution in [0.3, 0.4) is 0 Å². The normalized spacial score (nSPS) is 10.3. The van der Waals surface area contributed by atoms with Crippen LogP contribution in [-0.4, -0.2) is 18.5 Å². The molecule has 0 saturated carbocycles. The van der Waals surface area contributed by atoms with Crippen molar-refractivity contribution in [1.82, 2.24) is 0 Å². The Balaban J connectivity index is 1.73. The molecule has 0 heterocycles. The number of amides is 1. The van der Waals surface area contributed by atoms with Crippen LogP contribution in [0.1, 0.15) is 36.5 Å². The van der Waals surface area contributed by atoms with E-state index in [2.05, 4.69) is 12.2 Å². The van der Waals surface area contributed by atoms with E-state index in [9.17, 15) is 9.59 Å². The minimum absolute atomic E-state index is 0.0912. The highest BCUT2D eigenvalue weighted by Gasteiger charge is 2.11. The van der Waals surface area contributed by atoms with E-state index in [1.165, 1.54) is 0 Å². The zero-order valence-corrected chi connectivity index (χ0v) is 14.9. The number of para-hydroxylation sites is 1. The minimum atomic E-state index is -0.341. The fourth-order valence-corrected chi connectivity index (χ4v) is 2.62. The van der Waals surface area contributed by atoms with Gasteiger partial charge >= 0.3 is 5.97 Å². The Labute approximate surface area is 149 Å². The average Bonchev–Trinajstić information content (AvgIpc) is 2.62. The highest BCUT2D eigenvalue weighted by atomic mass is 16.5. The molecule has 1 amide bonds. The number of hydrogen-bond donors (Lipinski definition) is 1. The second kappa shape index (κ2) is 9.62. The van der Waals surface area contributed by atoms with E-state index in [4.69, 9.17) is 4.74 Å². The predicted molar refractivity (Wildman–Crippen MR) is 99.5 cm³/mol. The standard InChI is InChI=1S/C21H25NO3/c1-3-18-11-7-8-16(2)21(18)22-19(23)12-13-20(24)25-15-14-17-9-5-4-6-10-17/h4-11H,3,12-15H2,1-2H3,(H,22,23). The molecule has 0 unspecified atom stereocenters. The molecule has 25 heavy (non-hydrogen) atoms. The van der Waals surface area contributed by atoms with Crippen LogP contribution in [-0.2, 0) is 27.2 Å². The number of carbonyl (C=O) groups is 2. The molecular weight excluding hydrogens is 314 g/mol. The topological polar surface area (TPSA) is 55.4 Å². The maximum atomic E-state index is 12.1. The summed E-state index contributed by atoms with van der Waals surface area (Å²) in [6, 6.07) is 15.8. The molecule has 0 radical (unpaired) electrons. The van der Waals surface area contributed by atoms with Gasteiger partial charge in [-0.05, 0) is 30.0 Å². The van der Waals surface area contributed by atoms with Crippen LogP contribution in [0.25, 0.3) is 0 Å². The van der Waals surface area contributed by atoms with Crippen LogP contribution in [0.15, 0.2) is 48.5 Å². The summed E-state index contributed by atoms with van der Waals surface area (Å²) in [6.45, 7) is 4.35. The first kappa shape index (κ1) is 18.7. The first-order valence-corrected chi connectivity index (χ1v) is 8.68. The third-order valence-electron chi connectivity index (χ3n) is 4.06. The van der Waals surface area contributed by atoms with E-state index >= 15 is 0 Å². The maximum Gasteiger partial charge on any atom is 0.306 e. The largest absolute Gasteiger partial charge is 0.465 e. The van der Waals surface area contributed by atoms with Gasteiger partial charge in [-0.1, -0.05) is 55.5 Å². The molecule has 0 fully saturated rings. The van der Waals surface area contributed by atoms with Gasteiger partial charge in [0.25, 0.3) is 0 Å². The predicted octanol–water partition coefficient (Wildman–Crippen LogP) is 4.06. The number of rotatable bonds is 8. The number of nitrogens with one attached hydrogen (secondary N) is 1. The lowest BCUT2D eigenvalue weighted by atomic mass is 10.1. The van der Waals surface area contributed by atoms with Gasteiger partial charge in [0, 0.05) is 18.5 Å². The molecule has 2 aromatic rings. The van der Waals surface area contributed by atoms with Crippen LogP contribution in [0.5, 0.6) is 0 Å². The van der Waals surface area contributed by atoms with Gasteiger partial charge in [0.2, 0.25) is 5.91 Å². The van der Waals surface area contributed by atoms with E-state index in [0.29, 0.717) is 13.0 Å². The van der Waals surface area contributed by atoms with Crippen LogP contribution >= 0.6 is 0 Å². The summed E-state index contributed by atoms with van der Waals surface area (Å²) in [5.41, 5.74) is 4.10. The Hall–Kier alpha value is -2.62. The Morgan fingerprint density at radius 2 is 1.76 bits per heavy atom. The monoisotopic (exact) mass is 339 g/mol. The number of hydrogen-bond acceptors (Lipinski definition) is 3. The van der Waals surface area contributed by atoms with Gasteiger partial charge in [0.1, 0.15) is 0 Å². The van der Waals surface area contributed by atoms with E-state index < -0.39 is 0 Å². The molecule has 132 valence electrons. The zero-order valence-electron chi connectivity index (χ0n) is 14.9. The third-order valence-corrected chi connectivity index (χ3v) is 4.06. The van der Waals surface area contributed by atoms with Crippen molar-refractivity contribution in [2.45, 2.75) is 39.5 Å². The number of ether oxygens (including phenoxy) is 1. The van der Waals surface area contributed by atoms with Gasteiger partial charge in [-0.15, -0.1) is 0 Å². The quantitative estimate of drug-likeness (QED) is 0.738. The lowest BCUT2D eigenvalue weighted by Gasteiger charge is -2.12. The van der Waals surface area contributed by atoms with Crippen molar-refractivity contribution in [1.29, 1.82) is 0 Å². The molecule has 2 rings (SSSR count). The molecule has 0 atom stereocenters. The fraction of sp³-hybridized carbons (Fsp3) is 0.333. The van der Waals surface area contributed by atoms with Gasteiger partial charge < -0.3 is 10.1 Å². The summed E-state index contributed by atoms with van der Waals surface area (Å²) in [6.07, 6.45) is 1.75. The zero-order chi connectivity index (χ0) is 18.1. The molecule has 0 aliphatic rings. The molecule has 4 heteroatoms. The van der Waals surface area contributed by atoms with Gasteiger partial charge in [-0.25, -0.2) is 0 Å². The Morgan fingerprint density at radius 3 is 2.48 bits per heavy atom. The molecule has 0 saturated heterocycles. The van der Waals surface area contributed by atoms with Gasteiger partial charge in [0.05, 0.1) is 13.0 Å². The van der Waals surface area contributed by atoms with Crippen LogP contribution < -0.4 is 5.32 Å². The molecule has 0 spiro atoms. The molecule has 1 N–H and O–H groups in total. The molecule has 4 nitrogen and oxygen atoms in total. The summed E-state index contributed by atoms with van der Waals surface area (Å²) in [5.74, 6) is -0.504. The van der Waals surface area contributed by atoms with Crippen molar-refractivity contribution < 1.29 is 14.3 Å². The van der Waals surface area contributed by atoms with Crippen molar-refractivity contribution in [2.24, 2.45) is 0 Å². The van der Waals surface area contributed by atoms with Crippen molar-refractivity contribution in [2.75, 3.05) is 11.9 Å². The molecule has 0 aliphatic carbocycles. The summed E-state index contributed by atoms with van der Waals surface area (Å²) >= 11 is 0. The van der Waals surface area contributed by atoms with E-state index in [1.54, 1.807) is 0 Å². The average molecular weight is 339 g/mol. The van der Waals surface area contributed by atoms with Crippen molar-refractivity contribution in [3.8, 4) is 0 Å². The second-order valence-electron chi connectivity index (χ2n) is 5.97. The van der Waals surface area contributed by atoms with E-state index in [0.717, 1.165) is 28.8 Å². The van der Waals surface area contributed by atoms with Crippen LogP contribution in [0.4, 0.5) is 5.69 Å². The lowest BCUT2D eigenvalue weighted by Crippen LogP contribution is -2.16. The third kappa shape index (κ3) is 6.07. The van der Waals surface area contributed by atoms with Gasteiger partial charge in [-0.3, -0.25) is 9.59 Å². The number of esters is 1. The number of carbonyl (C=O) groups excluding carboxylic acids is 2. The minimum Gasteiger partial charge on any atom is -0.465 e. The maximum absolute atomic E-state index is 12.1. The van der Waals surface area contributed by atoms with Crippen molar-refractivity contribution in [3.63, 3.8) is 0 Å². The molecule has 0 bridgehead atoms. The van der Waals surface area contributed by atoms with Gasteiger partial charge in [-0.2, -0.15) is 0 Å². The van der Waals surface area contributed by atoms with Crippen LogP contribution in [0, 0.1) is 6.92 Å². The highest BCUT2D eigenvalue weighted by Crippen LogP contribution is 2.21. The molecule has 0 aliphatic heterocycles. The smallest absolute Gasteiger partial charge is 0.306 e. The molecule has 0 aromatic heterocycles. The fourth-order valence-electron chi connectivity index (χ4n) is 2.62. The summed E-state index contributed by atoms with van der Waals surface area (Å²) in [7, 11) is 0. The number of benzene rings is 2. The number of aryl methyl sites for hydroxylation is 2. The molecule has 2 aromatic carbocycles.